The fraction of sp³-hybridized carbons (Fsp3) is 0.800. The number of nitrogens with two attached hydrogens (primary N) is 1. The summed E-state index contributed by atoms with van der Waals surface area (Å²) in [6.45, 7) is 0.542. The normalized spacial score (nSPS) is 16.8. The average molecular weight is 230 g/mol. The Labute approximate surface area is 92.8 Å². The molecule has 0 aromatic carbocycles. The van der Waals surface area contributed by atoms with E-state index in [1.54, 1.807) is 0 Å². The third-order valence-electron chi connectivity index (χ3n) is 3.22. The summed E-state index contributed by atoms with van der Waals surface area (Å²) >= 11 is 0. The lowest BCUT2D eigenvalue weighted by Crippen LogP contribution is -2.16. The fourth-order valence-electron chi connectivity index (χ4n) is 1.99. The van der Waals surface area contributed by atoms with Gasteiger partial charge in [0, 0.05) is 13.1 Å². The van der Waals surface area contributed by atoms with Crippen molar-refractivity contribution >= 4 is 0 Å². The van der Waals surface area contributed by atoms with Crippen molar-refractivity contribution in [1.82, 2.24) is 15.0 Å². The van der Waals surface area contributed by atoms with Crippen LogP contribution >= 0.6 is 0 Å². The van der Waals surface area contributed by atoms with Gasteiger partial charge in [-0.25, -0.2) is 13.5 Å². The van der Waals surface area contributed by atoms with Gasteiger partial charge in [-0.3, -0.25) is 0 Å². The molecule has 0 saturated heterocycles. The van der Waals surface area contributed by atoms with E-state index in [1.807, 2.05) is 0 Å². The Morgan fingerprint density at radius 2 is 2.19 bits per heavy atom. The highest BCUT2D eigenvalue weighted by atomic mass is 19.3. The van der Waals surface area contributed by atoms with Gasteiger partial charge in [0.1, 0.15) is 11.4 Å². The SMILES string of the molecule is NCc1nnn(CCC2CCC2)c1C(F)F. The van der Waals surface area contributed by atoms with Gasteiger partial charge in [0.15, 0.2) is 0 Å². The van der Waals surface area contributed by atoms with Crippen molar-refractivity contribution < 1.29 is 8.78 Å². The number of hydrogen-bond donors (Lipinski definition) is 1. The summed E-state index contributed by atoms with van der Waals surface area (Å²) < 4.78 is 26.9. The van der Waals surface area contributed by atoms with E-state index in [1.165, 1.54) is 23.9 Å². The van der Waals surface area contributed by atoms with E-state index < -0.39 is 6.43 Å². The zero-order valence-corrected chi connectivity index (χ0v) is 9.07. The van der Waals surface area contributed by atoms with Crippen LogP contribution in [-0.2, 0) is 13.1 Å². The zero-order chi connectivity index (χ0) is 11.5. The standard InChI is InChI=1S/C10H16F2N4/c11-10(12)9-8(6-13)14-15-16(9)5-4-7-2-1-3-7/h7,10H,1-6,13H2. The molecule has 90 valence electrons. The first-order valence-corrected chi connectivity index (χ1v) is 5.63. The fourth-order valence-corrected chi connectivity index (χ4v) is 1.99. The number of aryl methyl sites for hydroxylation is 1. The minimum absolute atomic E-state index is 0.0170. The van der Waals surface area contributed by atoms with Crippen LogP contribution in [0.1, 0.15) is 43.5 Å². The topological polar surface area (TPSA) is 56.7 Å². The Kier molecular flexibility index (Phi) is 3.48. The van der Waals surface area contributed by atoms with Crippen molar-refractivity contribution in [2.75, 3.05) is 0 Å². The molecule has 2 N–H and O–H groups in total. The van der Waals surface area contributed by atoms with E-state index in [9.17, 15) is 8.78 Å². The summed E-state index contributed by atoms with van der Waals surface area (Å²) in [5, 5.41) is 7.43. The van der Waals surface area contributed by atoms with Gasteiger partial charge >= 0.3 is 0 Å². The van der Waals surface area contributed by atoms with Gasteiger partial charge in [0.05, 0.1) is 0 Å². The largest absolute Gasteiger partial charge is 0.325 e. The summed E-state index contributed by atoms with van der Waals surface area (Å²) in [6, 6.07) is 0. The molecule has 1 aliphatic carbocycles. The first-order valence-electron chi connectivity index (χ1n) is 5.63. The Bertz CT molecular complexity index is 347. The maximum atomic E-state index is 12.8. The summed E-state index contributed by atoms with van der Waals surface area (Å²) in [5.74, 6) is 0.677. The molecule has 0 spiro atoms. The third kappa shape index (κ3) is 2.21. The van der Waals surface area contributed by atoms with Gasteiger partial charge in [-0.1, -0.05) is 24.5 Å². The molecule has 2 rings (SSSR count). The van der Waals surface area contributed by atoms with Crippen molar-refractivity contribution in [2.24, 2.45) is 11.7 Å². The highest BCUT2D eigenvalue weighted by Gasteiger charge is 2.22. The van der Waals surface area contributed by atoms with Crippen LogP contribution in [0, 0.1) is 5.92 Å². The van der Waals surface area contributed by atoms with Crippen molar-refractivity contribution in [2.45, 2.75) is 45.2 Å². The number of halogens is 2. The molecule has 1 aromatic heterocycles. The van der Waals surface area contributed by atoms with Crippen LogP contribution in [0.3, 0.4) is 0 Å². The van der Waals surface area contributed by atoms with Crippen LogP contribution in [0.25, 0.3) is 0 Å². The molecule has 1 fully saturated rings. The average Bonchev–Trinajstić information content (AvgIpc) is 2.58. The van der Waals surface area contributed by atoms with Gasteiger partial charge < -0.3 is 5.73 Å². The molecule has 0 atom stereocenters. The molecule has 1 aromatic rings. The minimum Gasteiger partial charge on any atom is -0.325 e. The van der Waals surface area contributed by atoms with Crippen LogP contribution in [-0.4, -0.2) is 15.0 Å². The van der Waals surface area contributed by atoms with Crippen LogP contribution in [0.2, 0.25) is 0 Å². The maximum absolute atomic E-state index is 12.8. The van der Waals surface area contributed by atoms with Gasteiger partial charge in [0.2, 0.25) is 0 Å². The van der Waals surface area contributed by atoms with E-state index in [-0.39, 0.29) is 17.9 Å². The molecule has 1 aliphatic rings. The molecule has 0 amide bonds. The van der Waals surface area contributed by atoms with Gasteiger partial charge in [-0.15, -0.1) is 5.10 Å². The second kappa shape index (κ2) is 4.86. The van der Waals surface area contributed by atoms with E-state index in [4.69, 9.17) is 5.73 Å². The number of aromatic nitrogens is 3. The highest BCUT2D eigenvalue weighted by Crippen LogP contribution is 2.30. The maximum Gasteiger partial charge on any atom is 0.281 e. The Morgan fingerprint density at radius 1 is 1.44 bits per heavy atom. The van der Waals surface area contributed by atoms with Crippen molar-refractivity contribution in [3.05, 3.63) is 11.4 Å². The Hall–Kier alpha value is -1.04. The molecular weight excluding hydrogens is 214 g/mol. The molecular formula is C10H16F2N4. The molecule has 4 nitrogen and oxygen atoms in total. The number of rotatable bonds is 5. The van der Waals surface area contributed by atoms with E-state index >= 15 is 0 Å². The van der Waals surface area contributed by atoms with Crippen LogP contribution in [0.15, 0.2) is 0 Å². The summed E-state index contributed by atoms with van der Waals surface area (Å²) in [4.78, 5) is 0. The van der Waals surface area contributed by atoms with E-state index in [0.717, 1.165) is 6.42 Å². The number of hydrogen-bond acceptors (Lipinski definition) is 3. The molecule has 6 heteroatoms. The van der Waals surface area contributed by atoms with Crippen LogP contribution in [0.5, 0.6) is 0 Å². The molecule has 1 saturated carbocycles. The molecule has 16 heavy (non-hydrogen) atoms. The first-order chi connectivity index (χ1) is 7.72. The number of alkyl halides is 2. The van der Waals surface area contributed by atoms with Crippen molar-refractivity contribution in [3.8, 4) is 0 Å². The van der Waals surface area contributed by atoms with Gasteiger partial charge in [-0.05, 0) is 12.3 Å². The van der Waals surface area contributed by atoms with Crippen molar-refractivity contribution in [1.29, 1.82) is 0 Å². The quantitative estimate of drug-likeness (QED) is 0.840. The smallest absolute Gasteiger partial charge is 0.281 e. The monoisotopic (exact) mass is 230 g/mol. The summed E-state index contributed by atoms with van der Waals surface area (Å²) in [7, 11) is 0. The predicted molar refractivity (Wildman–Crippen MR) is 54.8 cm³/mol. The lowest BCUT2D eigenvalue weighted by atomic mass is 9.83. The lowest BCUT2D eigenvalue weighted by molar-refractivity contribution is 0.136. The first kappa shape index (κ1) is 11.4. The third-order valence-corrected chi connectivity index (χ3v) is 3.22. The minimum atomic E-state index is -2.55. The van der Waals surface area contributed by atoms with Crippen molar-refractivity contribution in [3.63, 3.8) is 0 Å². The second-order valence-corrected chi connectivity index (χ2v) is 4.23. The summed E-state index contributed by atoms with van der Waals surface area (Å²) in [6.07, 6.45) is 2.05. The molecule has 0 bridgehead atoms. The number of nitrogens with zero attached hydrogens (tertiary/aromatic N) is 3. The van der Waals surface area contributed by atoms with E-state index in [2.05, 4.69) is 10.3 Å². The lowest BCUT2D eigenvalue weighted by Gasteiger charge is -2.25. The second-order valence-electron chi connectivity index (χ2n) is 4.23. The zero-order valence-electron chi connectivity index (χ0n) is 9.07. The van der Waals surface area contributed by atoms with Gasteiger partial charge in [-0.2, -0.15) is 0 Å². The molecule has 0 aliphatic heterocycles. The predicted octanol–water partition coefficient (Wildman–Crippen LogP) is 1.86. The Balaban J connectivity index is 2.03. The Morgan fingerprint density at radius 3 is 2.69 bits per heavy atom. The molecule has 0 unspecified atom stereocenters. The highest BCUT2D eigenvalue weighted by molar-refractivity contribution is 5.11. The van der Waals surface area contributed by atoms with Crippen LogP contribution < -0.4 is 5.73 Å². The van der Waals surface area contributed by atoms with Crippen LogP contribution in [0.4, 0.5) is 8.78 Å². The van der Waals surface area contributed by atoms with E-state index in [0.29, 0.717) is 12.5 Å². The molecule has 1 heterocycles. The molecule has 0 radical (unpaired) electrons. The van der Waals surface area contributed by atoms with Gasteiger partial charge in [0.25, 0.3) is 6.43 Å². The summed E-state index contributed by atoms with van der Waals surface area (Å²) in [5.41, 5.74) is 5.45.